The van der Waals surface area contributed by atoms with Crippen molar-refractivity contribution in [2.75, 3.05) is 13.1 Å². The lowest BCUT2D eigenvalue weighted by Crippen LogP contribution is -2.44. The lowest BCUT2D eigenvalue weighted by atomic mass is 9.97. The molecule has 1 aliphatic rings. The Labute approximate surface area is 137 Å². The van der Waals surface area contributed by atoms with Crippen molar-refractivity contribution in [3.05, 3.63) is 53.9 Å². The molecular weight excluding hydrogens is 319 g/mol. The van der Waals surface area contributed by atoms with E-state index in [0.29, 0.717) is 19.5 Å². The number of piperidine rings is 1. The van der Waals surface area contributed by atoms with E-state index >= 15 is 0 Å². The summed E-state index contributed by atoms with van der Waals surface area (Å²) in [4.78, 5) is 13.7. The monoisotopic (exact) mass is 337 g/mol. The summed E-state index contributed by atoms with van der Waals surface area (Å²) >= 11 is 0. The van der Waals surface area contributed by atoms with Gasteiger partial charge in [-0.1, -0.05) is 30.3 Å². The third kappa shape index (κ3) is 3.77. The van der Waals surface area contributed by atoms with E-state index in [1.807, 2.05) is 30.3 Å². The van der Waals surface area contributed by atoms with Crippen LogP contribution in [0.4, 0.5) is 13.2 Å². The van der Waals surface area contributed by atoms with Gasteiger partial charge in [0, 0.05) is 19.3 Å². The summed E-state index contributed by atoms with van der Waals surface area (Å²) in [5.41, 5.74) is 1.23. The van der Waals surface area contributed by atoms with Crippen molar-refractivity contribution >= 4 is 5.91 Å². The van der Waals surface area contributed by atoms with Gasteiger partial charge in [0.05, 0.1) is 12.5 Å². The fraction of sp³-hybridized carbons (Fsp3) is 0.412. The number of hydrogen-bond donors (Lipinski definition) is 0. The van der Waals surface area contributed by atoms with Crippen molar-refractivity contribution in [2.45, 2.75) is 25.6 Å². The number of hydrogen-bond acceptors (Lipinski definition) is 2. The fourth-order valence-electron chi connectivity index (χ4n) is 2.93. The molecule has 1 aliphatic heterocycles. The number of halogens is 3. The Morgan fingerprint density at radius 1 is 1.21 bits per heavy atom. The van der Waals surface area contributed by atoms with Crippen LogP contribution in [0.1, 0.15) is 28.9 Å². The van der Waals surface area contributed by atoms with Crippen molar-refractivity contribution in [1.82, 2.24) is 14.7 Å². The van der Waals surface area contributed by atoms with Gasteiger partial charge in [0.25, 0.3) is 5.91 Å². The maximum absolute atomic E-state index is 12.9. The average Bonchev–Trinajstić information content (AvgIpc) is 3.03. The van der Waals surface area contributed by atoms with Crippen LogP contribution in [0.25, 0.3) is 0 Å². The summed E-state index contributed by atoms with van der Waals surface area (Å²) in [6.07, 6.45) is -2.15. The van der Waals surface area contributed by atoms with E-state index in [0.717, 1.165) is 5.56 Å². The Kier molecular flexibility index (Phi) is 4.59. The van der Waals surface area contributed by atoms with Gasteiger partial charge in [-0.2, -0.15) is 18.3 Å². The molecule has 3 rings (SSSR count). The number of aromatic nitrogens is 2. The van der Waals surface area contributed by atoms with Crippen LogP contribution in [0.5, 0.6) is 0 Å². The normalized spacial score (nSPS) is 18.6. The number of carbonyl (C=O) groups is 1. The fourth-order valence-corrected chi connectivity index (χ4v) is 2.93. The number of likely N-dealkylation sites (tertiary alicyclic amines) is 1. The molecule has 0 saturated carbocycles. The van der Waals surface area contributed by atoms with Crippen LogP contribution >= 0.6 is 0 Å². The predicted octanol–water partition coefficient (Wildman–Crippen LogP) is 3.35. The Morgan fingerprint density at radius 2 is 1.96 bits per heavy atom. The van der Waals surface area contributed by atoms with E-state index in [1.165, 1.54) is 4.90 Å². The number of nitrogens with zero attached hydrogens (tertiary/aromatic N) is 3. The highest BCUT2D eigenvalue weighted by molar-refractivity contribution is 5.92. The molecule has 1 amide bonds. The Morgan fingerprint density at radius 3 is 2.67 bits per heavy atom. The number of alkyl halides is 3. The summed E-state index contributed by atoms with van der Waals surface area (Å²) in [5.74, 6) is -1.88. The van der Waals surface area contributed by atoms with Crippen LogP contribution in [0.3, 0.4) is 0 Å². The molecule has 1 fully saturated rings. The zero-order valence-corrected chi connectivity index (χ0v) is 13.0. The Bertz CT molecular complexity index is 697. The molecular formula is C17H18F3N3O. The lowest BCUT2D eigenvalue weighted by molar-refractivity contribution is -0.184. The summed E-state index contributed by atoms with van der Waals surface area (Å²) in [6.45, 7) is 0.574. The first kappa shape index (κ1) is 16.5. The van der Waals surface area contributed by atoms with E-state index < -0.39 is 18.0 Å². The zero-order chi connectivity index (χ0) is 17.2. The van der Waals surface area contributed by atoms with Gasteiger partial charge in [-0.3, -0.25) is 9.48 Å². The molecule has 1 aromatic heterocycles. The van der Waals surface area contributed by atoms with Gasteiger partial charge in [-0.25, -0.2) is 0 Å². The topological polar surface area (TPSA) is 38.1 Å². The minimum absolute atomic E-state index is 0.0791. The molecule has 0 N–H and O–H groups in total. The van der Waals surface area contributed by atoms with Crippen molar-refractivity contribution < 1.29 is 18.0 Å². The van der Waals surface area contributed by atoms with Gasteiger partial charge in [0.2, 0.25) is 0 Å². The number of benzene rings is 1. The molecule has 1 saturated heterocycles. The van der Waals surface area contributed by atoms with Crippen molar-refractivity contribution in [1.29, 1.82) is 0 Å². The molecule has 128 valence electrons. The molecule has 0 unspecified atom stereocenters. The highest BCUT2D eigenvalue weighted by atomic mass is 19.4. The second-order valence-corrected chi connectivity index (χ2v) is 6.02. The average molecular weight is 337 g/mol. The van der Waals surface area contributed by atoms with Crippen molar-refractivity contribution in [3.63, 3.8) is 0 Å². The molecule has 4 nitrogen and oxygen atoms in total. The van der Waals surface area contributed by atoms with Crippen LogP contribution in [0.15, 0.2) is 42.6 Å². The van der Waals surface area contributed by atoms with Gasteiger partial charge in [0.15, 0.2) is 0 Å². The quantitative estimate of drug-likeness (QED) is 0.861. The summed E-state index contributed by atoms with van der Waals surface area (Å²) in [6, 6.07) is 11.2. The van der Waals surface area contributed by atoms with Crippen LogP contribution in [0, 0.1) is 5.92 Å². The van der Waals surface area contributed by atoms with Crippen LogP contribution in [-0.2, 0) is 6.54 Å². The molecule has 1 atom stereocenters. The van der Waals surface area contributed by atoms with E-state index in [2.05, 4.69) is 5.10 Å². The molecule has 24 heavy (non-hydrogen) atoms. The first-order valence-electron chi connectivity index (χ1n) is 7.87. The van der Waals surface area contributed by atoms with Crippen LogP contribution in [-0.4, -0.2) is 39.9 Å². The molecule has 0 radical (unpaired) electrons. The highest BCUT2D eigenvalue weighted by Gasteiger charge is 2.42. The number of amides is 1. The van der Waals surface area contributed by atoms with Crippen LogP contribution < -0.4 is 0 Å². The van der Waals surface area contributed by atoms with Gasteiger partial charge in [0.1, 0.15) is 5.69 Å². The minimum atomic E-state index is -4.26. The maximum atomic E-state index is 12.9. The first-order valence-corrected chi connectivity index (χ1v) is 7.87. The molecule has 2 heterocycles. The minimum Gasteiger partial charge on any atom is -0.337 e. The van der Waals surface area contributed by atoms with Gasteiger partial charge in [-0.15, -0.1) is 0 Å². The van der Waals surface area contributed by atoms with E-state index in [4.69, 9.17) is 0 Å². The number of carbonyl (C=O) groups excluding carboxylic acids is 1. The third-order valence-electron chi connectivity index (χ3n) is 4.22. The number of rotatable bonds is 3. The predicted molar refractivity (Wildman–Crippen MR) is 82.5 cm³/mol. The van der Waals surface area contributed by atoms with E-state index in [9.17, 15) is 18.0 Å². The summed E-state index contributed by atoms with van der Waals surface area (Å²) in [5, 5.41) is 4.21. The van der Waals surface area contributed by atoms with Crippen molar-refractivity contribution in [3.8, 4) is 0 Å². The SMILES string of the molecule is O=C(c1ccn(Cc2ccccc2)n1)N1CCC[C@@H](C(F)(F)F)C1. The first-order chi connectivity index (χ1) is 11.4. The summed E-state index contributed by atoms with van der Waals surface area (Å²) in [7, 11) is 0. The molecule has 1 aromatic carbocycles. The molecule has 0 aliphatic carbocycles. The zero-order valence-electron chi connectivity index (χ0n) is 13.0. The van der Waals surface area contributed by atoms with Gasteiger partial charge in [-0.05, 0) is 24.5 Å². The van der Waals surface area contributed by atoms with Crippen LogP contribution in [0.2, 0.25) is 0 Å². The van der Waals surface area contributed by atoms with Gasteiger partial charge >= 0.3 is 6.18 Å². The van der Waals surface area contributed by atoms with Gasteiger partial charge < -0.3 is 4.90 Å². The Balaban J connectivity index is 1.67. The lowest BCUT2D eigenvalue weighted by Gasteiger charge is -2.33. The van der Waals surface area contributed by atoms with E-state index in [1.54, 1.807) is 16.9 Å². The molecule has 0 spiro atoms. The Hall–Kier alpha value is -2.31. The van der Waals surface area contributed by atoms with E-state index in [-0.39, 0.29) is 18.7 Å². The smallest absolute Gasteiger partial charge is 0.337 e. The standard InChI is InChI=1S/C17H18F3N3O/c18-17(19,20)14-7-4-9-22(12-14)16(24)15-8-10-23(21-15)11-13-5-2-1-3-6-13/h1-3,5-6,8,10,14H,4,7,9,11-12H2/t14-/m1/s1. The second kappa shape index (κ2) is 6.67. The molecule has 7 heteroatoms. The highest BCUT2D eigenvalue weighted by Crippen LogP contribution is 2.33. The van der Waals surface area contributed by atoms with Crippen molar-refractivity contribution in [2.24, 2.45) is 5.92 Å². The second-order valence-electron chi connectivity index (χ2n) is 6.02. The maximum Gasteiger partial charge on any atom is 0.393 e. The molecule has 2 aromatic rings. The largest absolute Gasteiger partial charge is 0.393 e. The molecule has 0 bridgehead atoms. The third-order valence-corrected chi connectivity index (χ3v) is 4.22. The summed E-state index contributed by atoms with van der Waals surface area (Å²) < 4.78 is 40.2.